The molecule has 18 heavy (non-hydrogen) atoms. The maximum atomic E-state index is 5.16. The van der Waals surface area contributed by atoms with Gasteiger partial charge in [-0.2, -0.15) is 4.98 Å². The minimum Gasteiger partial charge on any atom is -0.337 e. The van der Waals surface area contributed by atoms with Crippen molar-refractivity contribution in [2.75, 3.05) is 13.1 Å². The number of nitrogens with zero attached hydrogens (tertiary/aromatic N) is 4. The van der Waals surface area contributed by atoms with Gasteiger partial charge in [0.25, 0.3) is 0 Å². The lowest BCUT2D eigenvalue weighted by molar-refractivity contribution is 0.361. The molecule has 96 valence electrons. The molecule has 1 saturated heterocycles. The summed E-state index contributed by atoms with van der Waals surface area (Å²) in [5, 5.41) is 7.21. The van der Waals surface area contributed by atoms with Gasteiger partial charge in [0.2, 0.25) is 5.89 Å². The number of nitrogens with one attached hydrogen (secondary N) is 1. The van der Waals surface area contributed by atoms with Gasteiger partial charge in [0, 0.05) is 23.9 Å². The average Bonchev–Trinajstić information content (AvgIpc) is 3.02. The zero-order chi connectivity index (χ0) is 12.6. The molecule has 6 nitrogen and oxygen atoms in total. The summed E-state index contributed by atoms with van der Waals surface area (Å²) in [5.41, 5.74) is 1.37. The van der Waals surface area contributed by atoms with Crippen molar-refractivity contribution in [1.82, 2.24) is 25.0 Å². The van der Waals surface area contributed by atoms with Crippen molar-refractivity contribution >= 4 is 0 Å². The van der Waals surface area contributed by atoms with E-state index in [0.717, 1.165) is 19.5 Å². The van der Waals surface area contributed by atoms with Crippen molar-refractivity contribution in [1.29, 1.82) is 0 Å². The van der Waals surface area contributed by atoms with Crippen molar-refractivity contribution in [3.63, 3.8) is 0 Å². The summed E-state index contributed by atoms with van der Waals surface area (Å²) in [6.07, 6.45) is 4.90. The Bertz CT molecular complexity index is 538. The van der Waals surface area contributed by atoms with Gasteiger partial charge in [-0.1, -0.05) is 12.1 Å². The molecule has 0 aliphatic carbocycles. The Morgan fingerprint density at radius 3 is 3.11 bits per heavy atom. The maximum absolute atomic E-state index is 5.16. The lowest BCUT2D eigenvalue weighted by Gasteiger charge is -2.23. The zero-order valence-electron chi connectivity index (χ0n) is 10.7. The largest absolute Gasteiger partial charge is 0.337 e. The number of hydrogen-bond acceptors (Lipinski definition) is 5. The van der Waals surface area contributed by atoms with Crippen LogP contribution in [0.5, 0.6) is 0 Å². The summed E-state index contributed by atoms with van der Waals surface area (Å²) in [6, 6.07) is 0. The first kappa shape index (κ1) is 11.4. The van der Waals surface area contributed by atoms with Crippen molar-refractivity contribution in [3.8, 4) is 0 Å². The molecule has 0 bridgehead atoms. The van der Waals surface area contributed by atoms with Crippen LogP contribution in [0.25, 0.3) is 0 Å². The Morgan fingerprint density at radius 2 is 2.44 bits per heavy atom. The maximum Gasteiger partial charge on any atom is 0.246 e. The van der Waals surface area contributed by atoms with E-state index >= 15 is 0 Å². The fraction of sp³-hybridized carbons (Fsp3) is 0.583. The topological polar surface area (TPSA) is 68.8 Å². The van der Waals surface area contributed by atoms with Gasteiger partial charge in [0.15, 0.2) is 5.82 Å². The lowest BCUT2D eigenvalue weighted by atomic mass is 9.86. The average molecular weight is 247 g/mol. The van der Waals surface area contributed by atoms with Crippen LogP contribution in [0.15, 0.2) is 17.0 Å². The third kappa shape index (κ3) is 1.92. The highest BCUT2D eigenvalue weighted by Gasteiger charge is 2.33. The molecule has 1 aliphatic heterocycles. The van der Waals surface area contributed by atoms with Crippen LogP contribution in [-0.4, -0.2) is 32.8 Å². The number of aryl methyl sites for hydroxylation is 1. The summed E-state index contributed by atoms with van der Waals surface area (Å²) < 4.78 is 7.26. The summed E-state index contributed by atoms with van der Waals surface area (Å²) in [4.78, 5) is 8.49. The van der Waals surface area contributed by atoms with E-state index < -0.39 is 0 Å². The van der Waals surface area contributed by atoms with E-state index in [4.69, 9.17) is 4.52 Å². The minimum atomic E-state index is 0.144. The van der Waals surface area contributed by atoms with Gasteiger partial charge in [-0.25, -0.2) is 4.98 Å². The molecular formula is C12H17N5O. The molecule has 0 aromatic carbocycles. The number of rotatable bonds is 3. The Hall–Kier alpha value is -1.69. The molecule has 3 heterocycles. The van der Waals surface area contributed by atoms with Crippen LogP contribution in [0.4, 0.5) is 0 Å². The highest BCUT2D eigenvalue weighted by molar-refractivity contribution is 5.17. The minimum absolute atomic E-state index is 0.144. The SMILES string of the molecule is Cc1noc(Cn2cncc2C2(C)CCNC2)n1. The molecule has 1 fully saturated rings. The Morgan fingerprint density at radius 1 is 1.56 bits per heavy atom. The number of hydrogen-bond donors (Lipinski definition) is 1. The molecule has 0 spiro atoms. The van der Waals surface area contributed by atoms with Gasteiger partial charge in [-0.05, 0) is 19.9 Å². The van der Waals surface area contributed by atoms with Gasteiger partial charge in [-0.3, -0.25) is 0 Å². The van der Waals surface area contributed by atoms with Crippen molar-refractivity contribution in [2.24, 2.45) is 0 Å². The molecular weight excluding hydrogens is 230 g/mol. The Kier molecular flexibility index (Phi) is 2.66. The van der Waals surface area contributed by atoms with Crippen LogP contribution < -0.4 is 5.32 Å². The van der Waals surface area contributed by atoms with Gasteiger partial charge < -0.3 is 14.4 Å². The number of imidazole rings is 1. The monoisotopic (exact) mass is 247 g/mol. The second-order valence-corrected chi connectivity index (χ2v) is 5.13. The predicted octanol–water partition coefficient (Wildman–Crippen LogP) is 0.874. The summed E-state index contributed by atoms with van der Waals surface area (Å²) in [7, 11) is 0. The molecule has 1 N–H and O–H groups in total. The van der Waals surface area contributed by atoms with Crippen LogP contribution >= 0.6 is 0 Å². The van der Waals surface area contributed by atoms with Crippen LogP contribution in [0, 0.1) is 6.92 Å². The van der Waals surface area contributed by atoms with Gasteiger partial charge in [0.1, 0.15) is 6.54 Å². The van der Waals surface area contributed by atoms with Crippen LogP contribution in [0.2, 0.25) is 0 Å². The molecule has 3 rings (SSSR count). The van der Waals surface area contributed by atoms with E-state index in [-0.39, 0.29) is 5.41 Å². The first-order valence-corrected chi connectivity index (χ1v) is 6.18. The Balaban J connectivity index is 1.87. The fourth-order valence-corrected chi connectivity index (χ4v) is 2.53. The van der Waals surface area contributed by atoms with E-state index in [0.29, 0.717) is 18.3 Å². The molecule has 2 aromatic heterocycles. The predicted molar refractivity (Wildman–Crippen MR) is 65.2 cm³/mol. The third-order valence-electron chi connectivity index (χ3n) is 3.57. The lowest BCUT2D eigenvalue weighted by Crippen LogP contribution is -2.28. The first-order chi connectivity index (χ1) is 8.67. The van der Waals surface area contributed by atoms with E-state index in [2.05, 4.69) is 31.9 Å². The molecule has 0 amide bonds. The van der Waals surface area contributed by atoms with Crippen molar-refractivity contribution in [3.05, 3.63) is 29.9 Å². The summed E-state index contributed by atoms with van der Waals surface area (Å²) >= 11 is 0. The molecule has 6 heteroatoms. The molecule has 1 atom stereocenters. The molecule has 1 aliphatic rings. The number of aromatic nitrogens is 4. The highest BCUT2D eigenvalue weighted by Crippen LogP contribution is 2.29. The fourth-order valence-electron chi connectivity index (χ4n) is 2.53. The van der Waals surface area contributed by atoms with Crippen LogP contribution in [0.1, 0.15) is 30.8 Å². The van der Waals surface area contributed by atoms with E-state index in [1.807, 2.05) is 19.4 Å². The third-order valence-corrected chi connectivity index (χ3v) is 3.57. The zero-order valence-corrected chi connectivity index (χ0v) is 10.7. The Labute approximate surface area is 105 Å². The van der Waals surface area contributed by atoms with Crippen molar-refractivity contribution < 1.29 is 4.52 Å². The molecule has 0 radical (unpaired) electrons. The quantitative estimate of drug-likeness (QED) is 0.871. The molecule has 2 aromatic rings. The van der Waals surface area contributed by atoms with Gasteiger partial charge in [0.05, 0.1) is 6.33 Å². The van der Waals surface area contributed by atoms with Gasteiger partial charge >= 0.3 is 0 Å². The standard InChI is InChI=1S/C12H17N5O/c1-9-15-11(18-16-9)6-17-8-14-5-10(17)12(2)3-4-13-7-12/h5,8,13H,3-4,6-7H2,1-2H3. The normalized spacial score (nSPS) is 23.7. The van der Waals surface area contributed by atoms with Crippen molar-refractivity contribution in [2.45, 2.75) is 32.2 Å². The first-order valence-electron chi connectivity index (χ1n) is 6.18. The summed E-state index contributed by atoms with van der Waals surface area (Å²) in [6.45, 7) is 6.72. The van der Waals surface area contributed by atoms with E-state index in [1.165, 1.54) is 5.69 Å². The smallest absolute Gasteiger partial charge is 0.246 e. The second kappa shape index (κ2) is 4.20. The van der Waals surface area contributed by atoms with Gasteiger partial charge in [-0.15, -0.1) is 0 Å². The highest BCUT2D eigenvalue weighted by atomic mass is 16.5. The van der Waals surface area contributed by atoms with Crippen LogP contribution in [-0.2, 0) is 12.0 Å². The molecule has 1 unspecified atom stereocenters. The molecule has 0 saturated carbocycles. The van der Waals surface area contributed by atoms with Crippen LogP contribution in [0.3, 0.4) is 0 Å². The van der Waals surface area contributed by atoms with E-state index in [9.17, 15) is 0 Å². The summed E-state index contributed by atoms with van der Waals surface area (Å²) in [5.74, 6) is 1.29. The van der Waals surface area contributed by atoms with E-state index in [1.54, 1.807) is 0 Å². The second-order valence-electron chi connectivity index (χ2n) is 5.13.